The maximum atomic E-state index is 5.63. The molecule has 1 nitrogen and oxygen atoms in total. The molecule has 0 N–H and O–H groups in total. The van der Waals surface area contributed by atoms with E-state index in [1.165, 1.54) is 44.1 Å². The number of hydrogen-bond acceptors (Lipinski definition) is 1. The van der Waals surface area contributed by atoms with Crippen molar-refractivity contribution in [3.63, 3.8) is 0 Å². The summed E-state index contributed by atoms with van der Waals surface area (Å²) in [6.07, 6.45) is 8.77. The summed E-state index contributed by atoms with van der Waals surface area (Å²) in [5.41, 5.74) is 1.97. The summed E-state index contributed by atoms with van der Waals surface area (Å²) in [5, 5.41) is 0. The second-order valence-corrected chi connectivity index (χ2v) is 6.90. The van der Waals surface area contributed by atoms with Crippen LogP contribution in [-0.2, 0) is 24.9 Å². The Labute approximate surface area is 153 Å². The van der Waals surface area contributed by atoms with Crippen molar-refractivity contribution in [1.29, 1.82) is 0 Å². The molecule has 4 aliphatic carbocycles. The van der Waals surface area contributed by atoms with E-state index in [-0.39, 0.29) is 44.3 Å². The normalized spacial score (nSPS) is 35.2. The third-order valence-corrected chi connectivity index (χ3v) is 5.72. The third-order valence-electron chi connectivity index (χ3n) is 5.72. The van der Waals surface area contributed by atoms with Crippen molar-refractivity contribution in [3.8, 4) is 5.75 Å². The Balaban J connectivity index is 0.000000735. The fraction of sp³-hybridized carbons (Fsp3) is 0.647. The van der Waals surface area contributed by atoms with Gasteiger partial charge < -0.3 is 29.6 Å². The van der Waals surface area contributed by atoms with Crippen LogP contribution in [-0.4, -0.2) is 7.11 Å². The summed E-state index contributed by atoms with van der Waals surface area (Å²) >= 11 is 0. The van der Waals surface area contributed by atoms with Crippen LogP contribution < -0.4 is 29.6 Å². The van der Waals surface area contributed by atoms with E-state index in [4.69, 9.17) is 4.74 Å². The Hall–Kier alpha value is 0.223. The molecule has 5 rings (SSSR count). The number of halogens is 2. The van der Waals surface area contributed by atoms with E-state index in [1.54, 1.807) is 0 Å². The van der Waals surface area contributed by atoms with Crippen LogP contribution in [0.3, 0.4) is 0 Å². The van der Waals surface area contributed by atoms with Crippen LogP contribution in [0.15, 0.2) is 24.3 Å². The summed E-state index contributed by atoms with van der Waals surface area (Å²) in [4.78, 5) is 0. The van der Waals surface area contributed by atoms with E-state index in [0.29, 0.717) is 5.41 Å². The van der Waals surface area contributed by atoms with Gasteiger partial charge in [0.2, 0.25) is 0 Å². The molecule has 0 heterocycles. The zero-order chi connectivity index (χ0) is 12.2. The summed E-state index contributed by atoms with van der Waals surface area (Å²) in [7, 11) is 1.82. The number of hydrogen-bond donors (Lipinski definition) is 0. The van der Waals surface area contributed by atoms with E-state index < -0.39 is 0 Å². The predicted molar refractivity (Wildman–Crippen MR) is 72.8 cm³/mol. The van der Waals surface area contributed by atoms with Gasteiger partial charge in [0.25, 0.3) is 0 Å². The number of methoxy groups -OCH3 is 1. The molecule has 0 saturated heterocycles. The molecule has 0 aromatic heterocycles. The van der Waals surface area contributed by atoms with Crippen LogP contribution in [0.4, 0.5) is 0 Å². The molecular weight excluding hydrogens is 356 g/mol. The molecule has 1 aromatic rings. The zero-order valence-corrected chi connectivity index (χ0v) is 17.1. The second-order valence-electron chi connectivity index (χ2n) is 6.90. The second kappa shape index (κ2) is 7.20. The molecule has 1 aromatic carbocycles. The van der Waals surface area contributed by atoms with Crippen molar-refractivity contribution in [1.82, 2.24) is 0 Å². The van der Waals surface area contributed by atoms with Gasteiger partial charge in [-0.05, 0) is 67.8 Å². The van der Waals surface area contributed by atoms with Crippen molar-refractivity contribution in [2.75, 3.05) is 7.11 Å². The minimum absolute atomic E-state index is 0. The molecule has 0 radical (unpaired) electrons. The van der Waals surface area contributed by atoms with Gasteiger partial charge in [-0.1, -0.05) is 18.2 Å². The van der Waals surface area contributed by atoms with Crippen LogP contribution in [0.1, 0.15) is 44.1 Å². The van der Waals surface area contributed by atoms with Crippen LogP contribution >= 0.6 is 0 Å². The van der Waals surface area contributed by atoms with Crippen molar-refractivity contribution in [2.45, 2.75) is 43.9 Å². The van der Waals surface area contributed by atoms with E-state index in [1.807, 2.05) is 7.11 Å². The van der Waals surface area contributed by atoms with E-state index in [9.17, 15) is 0 Å². The van der Waals surface area contributed by atoms with Gasteiger partial charge in [0.1, 0.15) is 5.75 Å². The Bertz CT molecular complexity index is 442. The van der Waals surface area contributed by atoms with Crippen molar-refractivity contribution in [3.05, 3.63) is 29.8 Å². The van der Waals surface area contributed by atoms with Crippen LogP contribution in [0.2, 0.25) is 0 Å². The van der Waals surface area contributed by atoms with E-state index in [2.05, 4.69) is 24.3 Å². The molecule has 112 valence electrons. The Morgan fingerprint density at radius 1 is 0.905 bits per heavy atom. The van der Waals surface area contributed by atoms with Crippen LogP contribution in [0, 0.1) is 17.8 Å². The largest absolute Gasteiger partial charge is 2.00 e. The first-order valence-electron chi connectivity index (χ1n) is 7.42. The average Bonchev–Trinajstić information content (AvgIpc) is 2.37. The number of benzene rings is 1. The maximum absolute atomic E-state index is 5.63. The van der Waals surface area contributed by atoms with Crippen molar-refractivity contribution < 1.29 is 49.0 Å². The smallest absolute Gasteiger partial charge is 1.00 e. The summed E-state index contributed by atoms with van der Waals surface area (Å²) in [6.45, 7) is 0. The van der Waals surface area contributed by atoms with Gasteiger partial charge in [-0.3, -0.25) is 0 Å². The monoisotopic (exact) mass is 376 g/mol. The first-order valence-corrected chi connectivity index (χ1v) is 7.42. The van der Waals surface area contributed by atoms with Crippen molar-refractivity contribution in [2.24, 2.45) is 17.8 Å². The molecule has 4 fully saturated rings. The molecular formula is C17H22Cl2OZn. The summed E-state index contributed by atoms with van der Waals surface area (Å²) < 4.78 is 5.63. The maximum Gasteiger partial charge on any atom is 2.00 e. The standard InChI is InChI=1S/C17H22O.2ClH.Zn/c1-18-16-5-3-2-4-15(16)17-9-12-6-13(10-17)8-14(7-12)11-17;;;/h2-5,12-14H,6-11H2,1H3;2*1H;/q;;;+2/p-2. The Morgan fingerprint density at radius 3 is 1.86 bits per heavy atom. The number of para-hydroxylation sites is 1. The molecule has 4 aliphatic rings. The SMILES string of the molecule is COc1ccccc1C12CC3CC(CC(C3)C1)C2.[Cl-].[Cl-].[Zn+2]. The molecule has 21 heavy (non-hydrogen) atoms. The Morgan fingerprint density at radius 2 is 1.38 bits per heavy atom. The van der Waals surface area contributed by atoms with Crippen molar-refractivity contribution >= 4 is 0 Å². The minimum Gasteiger partial charge on any atom is -1.00 e. The quantitative estimate of drug-likeness (QED) is 0.550. The predicted octanol–water partition coefficient (Wildman–Crippen LogP) is -1.83. The number of ether oxygens (including phenoxy) is 1. The van der Waals surface area contributed by atoms with Gasteiger partial charge in [-0.25, -0.2) is 0 Å². The van der Waals surface area contributed by atoms with Gasteiger partial charge in [0.15, 0.2) is 0 Å². The topological polar surface area (TPSA) is 9.23 Å². The van der Waals surface area contributed by atoms with Gasteiger partial charge in [-0.15, -0.1) is 0 Å². The Kier molecular flexibility index (Phi) is 6.60. The van der Waals surface area contributed by atoms with Crippen LogP contribution in [0.5, 0.6) is 5.75 Å². The molecule has 4 saturated carbocycles. The van der Waals surface area contributed by atoms with E-state index >= 15 is 0 Å². The molecule has 4 bridgehead atoms. The molecule has 0 unspecified atom stereocenters. The summed E-state index contributed by atoms with van der Waals surface area (Å²) in [5.74, 6) is 4.13. The molecule has 0 atom stereocenters. The molecule has 0 amide bonds. The summed E-state index contributed by atoms with van der Waals surface area (Å²) in [6, 6.07) is 8.76. The van der Waals surface area contributed by atoms with Gasteiger partial charge in [0.05, 0.1) is 7.11 Å². The van der Waals surface area contributed by atoms with Gasteiger partial charge in [0, 0.05) is 5.56 Å². The fourth-order valence-corrected chi connectivity index (χ4v) is 5.52. The zero-order valence-electron chi connectivity index (χ0n) is 12.7. The minimum atomic E-state index is 0. The van der Waals surface area contributed by atoms with Crippen LogP contribution in [0.25, 0.3) is 0 Å². The first kappa shape index (κ1) is 19.3. The fourth-order valence-electron chi connectivity index (χ4n) is 5.52. The number of rotatable bonds is 2. The van der Waals surface area contributed by atoms with E-state index in [0.717, 1.165) is 23.5 Å². The molecule has 4 heteroatoms. The first-order chi connectivity index (χ1) is 8.79. The van der Waals surface area contributed by atoms with Gasteiger partial charge >= 0.3 is 19.5 Å². The molecule has 0 spiro atoms. The molecule has 0 aliphatic heterocycles. The average molecular weight is 379 g/mol. The third kappa shape index (κ3) is 3.14. The van der Waals surface area contributed by atoms with Gasteiger partial charge in [-0.2, -0.15) is 0 Å².